The highest BCUT2D eigenvalue weighted by Gasteiger charge is 2.10. The summed E-state index contributed by atoms with van der Waals surface area (Å²) in [6.45, 7) is 8.68. The first kappa shape index (κ1) is 18.4. The largest absolute Gasteiger partial charge is 0.342 e. The van der Waals surface area contributed by atoms with E-state index in [1.165, 1.54) is 38.5 Å². The van der Waals surface area contributed by atoms with E-state index in [1.807, 2.05) is 0 Å². The van der Waals surface area contributed by atoms with Gasteiger partial charge in [0, 0.05) is 18.8 Å². The highest BCUT2D eigenvalue weighted by Crippen LogP contribution is 2.18. The molecule has 0 saturated heterocycles. The summed E-state index contributed by atoms with van der Waals surface area (Å²) < 4.78 is 0.539. The van der Waals surface area contributed by atoms with Gasteiger partial charge in [0.25, 0.3) is 0 Å². The lowest BCUT2D eigenvalue weighted by molar-refractivity contribution is 0.653. The van der Waals surface area contributed by atoms with Crippen LogP contribution in [0.4, 0.5) is 5.95 Å². The summed E-state index contributed by atoms with van der Waals surface area (Å²) in [6, 6.07) is 0. The summed E-state index contributed by atoms with van der Waals surface area (Å²) in [4.78, 5) is 14.5. The summed E-state index contributed by atoms with van der Waals surface area (Å²) in [5.41, 5.74) is 0. The molecule has 6 heteroatoms. The minimum Gasteiger partial charge on any atom is -0.342 e. The van der Waals surface area contributed by atoms with E-state index in [9.17, 15) is 0 Å². The van der Waals surface area contributed by atoms with Crippen LogP contribution in [0.5, 0.6) is 0 Å². The van der Waals surface area contributed by atoms with Crippen molar-refractivity contribution in [3.05, 3.63) is 4.77 Å². The molecule has 1 rings (SSSR count). The van der Waals surface area contributed by atoms with E-state index >= 15 is 0 Å². The first-order chi connectivity index (χ1) is 10.2. The summed E-state index contributed by atoms with van der Waals surface area (Å²) in [7, 11) is 0. The highest BCUT2D eigenvalue weighted by atomic mass is 32.2. The lowest BCUT2D eigenvalue weighted by Gasteiger charge is -2.23. The van der Waals surface area contributed by atoms with Gasteiger partial charge in [0.2, 0.25) is 10.7 Å². The number of anilines is 1. The molecule has 0 radical (unpaired) electrons. The summed E-state index contributed by atoms with van der Waals surface area (Å²) in [6.07, 6.45) is 7.10. The number of hydrogen-bond acceptors (Lipinski definition) is 5. The molecule has 0 spiro atoms. The maximum Gasteiger partial charge on any atom is 0.207 e. The maximum atomic E-state index is 5.26. The van der Waals surface area contributed by atoms with E-state index in [2.05, 4.69) is 40.6 Å². The molecule has 0 saturated carbocycles. The molecule has 0 unspecified atom stereocenters. The molecule has 1 aromatic rings. The molecule has 0 aromatic carbocycles. The molecular formula is C15H28N4S2. The van der Waals surface area contributed by atoms with Crippen LogP contribution in [0.1, 0.15) is 59.3 Å². The quantitative estimate of drug-likeness (QED) is 0.358. The van der Waals surface area contributed by atoms with E-state index in [0.29, 0.717) is 4.77 Å². The third-order valence-corrected chi connectivity index (χ3v) is 4.34. The normalized spacial score (nSPS) is 10.8. The highest BCUT2D eigenvalue weighted by molar-refractivity contribution is 7.99. The van der Waals surface area contributed by atoms with Crippen LogP contribution in [0.3, 0.4) is 0 Å². The van der Waals surface area contributed by atoms with Crippen LogP contribution in [-0.2, 0) is 0 Å². The Labute approximate surface area is 138 Å². The minimum atomic E-state index is 0.539. The van der Waals surface area contributed by atoms with Gasteiger partial charge in [-0.2, -0.15) is 9.97 Å². The van der Waals surface area contributed by atoms with Crippen molar-refractivity contribution in [2.75, 3.05) is 23.7 Å². The number of H-pyrrole nitrogens is 1. The zero-order valence-electron chi connectivity index (χ0n) is 13.5. The number of nitrogens with zero attached hydrogens (tertiary/aromatic N) is 3. The average Bonchev–Trinajstić information content (AvgIpc) is 2.47. The van der Waals surface area contributed by atoms with Gasteiger partial charge in [0.05, 0.1) is 0 Å². The summed E-state index contributed by atoms with van der Waals surface area (Å²) in [5, 5.41) is 0.806. The third-order valence-electron chi connectivity index (χ3n) is 3.21. The van der Waals surface area contributed by atoms with Crippen molar-refractivity contribution in [1.29, 1.82) is 0 Å². The van der Waals surface area contributed by atoms with Crippen LogP contribution >= 0.6 is 24.0 Å². The van der Waals surface area contributed by atoms with Crippen molar-refractivity contribution in [3.63, 3.8) is 0 Å². The van der Waals surface area contributed by atoms with Crippen LogP contribution in [0.15, 0.2) is 5.16 Å². The molecule has 0 aliphatic carbocycles. The van der Waals surface area contributed by atoms with E-state index in [-0.39, 0.29) is 0 Å². The Morgan fingerprint density at radius 2 is 1.62 bits per heavy atom. The predicted octanol–water partition coefficient (Wildman–Crippen LogP) is 4.83. The van der Waals surface area contributed by atoms with Gasteiger partial charge in [-0.3, -0.25) is 0 Å². The van der Waals surface area contributed by atoms with Gasteiger partial charge in [0.15, 0.2) is 5.16 Å². The number of rotatable bonds is 11. The van der Waals surface area contributed by atoms with E-state index in [4.69, 9.17) is 12.2 Å². The van der Waals surface area contributed by atoms with Crippen molar-refractivity contribution in [3.8, 4) is 0 Å². The smallest absolute Gasteiger partial charge is 0.207 e. The zero-order valence-corrected chi connectivity index (χ0v) is 15.2. The Balaban J connectivity index is 2.82. The summed E-state index contributed by atoms with van der Waals surface area (Å²) in [5.74, 6) is 1.94. The standard InChI is InChI=1S/C15H28N4S2/c1-4-7-10-19(11-8-5-2)13-16-14(20)18-15(17-13)21-12-9-6-3/h4-12H2,1-3H3,(H,16,17,18,20). The predicted molar refractivity (Wildman–Crippen MR) is 94.9 cm³/mol. The van der Waals surface area contributed by atoms with Gasteiger partial charge < -0.3 is 9.88 Å². The molecule has 0 amide bonds. The molecule has 21 heavy (non-hydrogen) atoms. The molecule has 4 nitrogen and oxygen atoms in total. The second-order valence-corrected chi connectivity index (χ2v) is 6.60. The number of aromatic nitrogens is 3. The van der Waals surface area contributed by atoms with Crippen LogP contribution in [0, 0.1) is 4.77 Å². The van der Waals surface area contributed by atoms with Gasteiger partial charge in [0.1, 0.15) is 0 Å². The van der Waals surface area contributed by atoms with Crippen LogP contribution in [-0.4, -0.2) is 33.8 Å². The Bertz CT molecular complexity index is 440. The number of thioether (sulfide) groups is 1. The molecule has 0 aliphatic heterocycles. The monoisotopic (exact) mass is 328 g/mol. The fourth-order valence-corrected chi connectivity index (χ4v) is 3.06. The number of nitrogens with one attached hydrogen (secondary N) is 1. The molecule has 0 atom stereocenters. The Morgan fingerprint density at radius 3 is 2.19 bits per heavy atom. The SMILES string of the molecule is CCCCSc1nc(N(CCCC)CCCC)[nH]c(=S)n1. The van der Waals surface area contributed by atoms with Crippen molar-refractivity contribution >= 4 is 29.9 Å². The van der Waals surface area contributed by atoms with Crippen molar-refractivity contribution in [1.82, 2.24) is 15.0 Å². The molecular weight excluding hydrogens is 300 g/mol. The van der Waals surface area contributed by atoms with Gasteiger partial charge in [-0.05, 0) is 31.5 Å². The minimum absolute atomic E-state index is 0.539. The molecule has 1 N–H and O–H groups in total. The summed E-state index contributed by atoms with van der Waals surface area (Å²) >= 11 is 6.97. The average molecular weight is 329 g/mol. The molecule has 0 fully saturated rings. The van der Waals surface area contributed by atoms with Crippen molar-refractivity contribution in [2.45, 2.75) is 64.5 Å². The van der Waals surface area contributed by atoms with Crippen molar-refractivity contribution < 1.29 is 0 Å². The molecule has 1 heterocycles. The number of aromatic amines is 1. The number of unbranched alkanes of at least 4 members (excludes halogenated alkanes) is 3. The first-order valence-electron chi connectivity index (χ1n) is 8.07. The van der Waals surface area contributed by atoms with Gasteiger partial charge in [-0.1, -0.05) is 51.8 Å². The lowest BCUT2D eigenvalue weighted by atomic mass is 10.3. The van der Waals surface area contributed by atoms with Gasteiger partial charge in [-0.25, -0.2) is 0 Å². The Morgan fingerprint density at radius 1 is 1.00 bits per heavy atom. The zero-order chi connectivity index (χ0) is 15.5. The van der Waals surface area contributed by atoms with Crippen LogP contribution < -0.4 is 4.90 Å². The van der Waals surface area contributed by atoms with E-state index in [1.54, 1.807) is 11.8 Å². The second-order valence-electron chi connectivity index (χ2n) is 5.16. The van der Waals surface area contributed by atoms with Gasteiger partial charge >= 0.3 is 0 Å². The van der Waals surface area contributed by atoms with Gasteiger partial charge in [-0.15, -0.1) is 0 Å². The molecule has 1 aromatic heterocycles. The lowest BCUT2D eigenvalue weighted by Crippen LogP contribution is -2.28. The van der Waals surface area contributed by atoms with Crippen LogP contribution in [0.2, 0.25) is 0 Å². The molecule has 0 aliphatic rings. The first-order valence-corrected chi connectivity index (χ1v) is 9.46. The third kappa shape index (κ3) is 7.27. The fourth-order valence-electron chi connectivity index (χ4n) is 1.90. The topological polar surface area (TPSA) is 44.8 Å². The fraction of sp³-hybridized carbons (Fsp3) is 0.800. The second kappa shape index (κ2) is 11.0. The maximum absolute atomic E-state index is 5.26. The van der Waals surface area contributed by atoms with E-state index in [0.717, 1.165) is 29.9 Å². The van der Waals surface area contributed by atoms with Crippen molar-refractivity contribution in [2.24, 2.45) is 0 Å². The molecule has 0 bridgehead atoms. The molecule has 120 valence electrons. The van der Waals surface area contributed by atoms with Crippen LogP contribution in [0.25, 0.3) is 0 Å². The van der Waals surface area contributed by atoms with E-state index < -0.39 is 0 Å². The number of hydrogen-bond donors (Lipinski definition) is 1. The Kier molecular flexibility index (Phi) is 9.67. The Hall–Kier alpha value is -0.620.